The average Bonchev–Trinajstić information content (AvgIpc) is 3.53. The van der Waals surface area contributed by atoms with Crippen molar-refractivity contribution in [2.24, 2.45) is 0 Å². The molecule has 0 bridgehead atoms. The molecule has 0 aliphatic heterocycles. The lowest BCUT2D eigenvalue weighted by atomic mass is 10.1. The molecule has 0 spiro atoms. The number of hydrogen-bond donors (Lipinski definition) is 1. The number of nitrogens with one attached hydrogen (secondary N) is 1. The molecule has 5 aromatic rings. The number of amides is 1. The maximum Gasteiger partial charge on any atom is 0.268 e. The Bertz CT molecular complexity index is 1540. The molecule has 0 unspecified atom stereocenters. The third-order valence-corrected chi connectivity index (χ3v) is 6.76. The summed E-state index contributed by atoms with van der Waals surface area (Å²) in [6.45, 7) is 0. The Morgan fingerprint density at radius 3 is 2.65 bits per heavy atom. The molecule has 3 aromatic carbocycles. The Balaban J connectivity index is 1.30. The van der Waals surface area contributed by atoms with E-state index >= 15 is 0 Å². The van der Waals surface area contributed by atoms with Crippen LogP contribution in [0, 0.1) is 11.3 Å². The number of rotatable bonds is 6. The molecule has 1 amide bonds. The van der Waals surface area contributed by atoms with E-state index in [0.717, 1.165) is 26.9 Å². The molecule has 0 saturated heterocycles. The van der Waals surface area contributed by atoms with Crippen LogP contribution in [0.2, 0.25) is 0 Å². The Labute approximate surface area is 204 Å². The Morgan fingerprint density at radius 2 is 1.79 bits per heavy atom. The first kappa shape index (κ1) is 21.7. The number of furan rings is 1. The molecule has 0 fully saturated rings. The van der Waals surface area contributed by atoms with Crippen LogP contribution in [0.3, 0.4) is 0 Å². The van der Waals surface area contributed by atoms with E-state index in [1.165, 1.54) is 29.2 Å². The van der Waals surface area contributed by atoms with Crippen molar-refractivity contribution in [3.8, 4) is 17.3 Å². The molecule has 34 heavy (non-hydrogen) atoms. The van der Waals surface area contributed by atoms with Crippen LogP contribution in [-0.2, 0) is 4.79 Å². The quantitative estimate of drug-likeness (QED) is 0.205. The van der Waals surface area contributed by atoms with Crippen molar-refractivity contribution in [1.82, 2.24) is 4.98 Å². The summed E-state index contributed by atoms with van der Waals surface area (Å²) in [7, 11) is 0. The Hall–Kier alpha value is -4.12. The summed E-state index contributed by atoms with van der Waals surface area (Å²) >= 11 is 2.80. The first-order valence-corrected chi connectivity index (χ1v) is 12.1. The van der Waals surface area contributed by atoms with Gasteiger partial charge in [0.25, 0.3) is 5.91 Å². The minimum Gasteiger partial charge on any atom is -0.450 e. The van der Waals surface area contributed by atoms with Gasteiger partial charge in [-0.05, 0) is 29.0 Å². The number of nitriles is 1. The monoisotopic (exact) mass is 479 g/mol. The highest BCUT2D eigenvalue weighted by molar-refractivity contribution is 7.99. The summed E-state index contributed by atoms with van der Waals surface area (Å²) in [4.78, 5) is 18.2. The smallest absolute Gasteiger partial charge is 0.268 e. The van der Waals surface area contributed by atoms with E-state index in [9.17, 15) is 10.1 Å². The Kier molecular flexibility index (Phi) is 6.25. The van der Waals surface area contributed by atoms with Gasteiger partial charge in [0.15, 0.2) is 10.2 Å². The van der Waals surface area contributed by atoms with Crippen LogP contribution in [0.15, 0.2) is 110 Å². The minimum absolute atomic E-state index is 0.0625. The molecule has 0 aliphatic rings. The zero-order chi connectivity index (χ0) is 23.3. The second kappa shape index (κ2) is 9.79. The molecule has 2 heterocycles. The molecule has 5 rings (SSSR count). The van der Waals surface area contributed by atoms with Crippen molar-refractivity contribution in [2.45, 2.75) is 9.99 Å². The molecule has 0 atom stereocenters. The van der Waals surface area contributed by atoms with Gasteiger partial charge in [0.1, 0.15) is 17.4 Å². The van der Waals surface area contributed by atoms with Crippen molar-refractivity contribution < 1.29 is 9.21 Å². The summed E-state index contributed by atoms with van der Waals surface area (Å²) in [5, 5.41) is 17.5. The van der Waals surface area contributed by atoms with Crippen LogP contribution >= 0.6 is 23.1 Å². The van der Waals surface area contributed by atoms with Crippen molar-refractivity contribution in [2.75, 3.05) is 5.32 Å². The predicted octanol–water partition coefficient (Wildman–Crippen LogP) is 7.25. The molecule has 0 aliphatic carbocycles. The summed E-state index contributed by atoms with van der Waals surface area (Å²) < 4.78 is 5.87. The van der Waals surface area contributed by atoms with E-state index in [0.29, 0.717) is 16.0 Å². The van der Waals surface area contributed by atoms with E-state index in [4.69, 9.17) is 4.42 Å². The van der Waals surface area contributed by atoms with Crippen LogP contribution in [0.25, 0.3) is 28.1 Å². The zero-order valence-electron chi connectivity index (χ0n) is 17.8. The third kappa shape index (κ3) is 4.79. The number of carbonyl (C=O) groups excluding carboxylic acids is 1. The predicted molar refractivity (Wildman–Crippen MR) is 137 cm³/mol. The fourth-order valence-corrected chi connectivity index (χ4v) is 5.04. The fourth-order valence-electron chi connectivity index (χ4n) is 3.39. The van der Waals surface area contributed by atoms with Crippen LogP contribution in [0.1, 0.15) is 5.76 Å². The summed E-state index contributed by atoms with van der Waals surface area (Å²) in [6.07, 6.45) is 1.44. The highest BCUT2D eigenvalue weighted by Gasteiger charge is 2.14. The number of thiazole rings is 1. The van der Waals surface area contributed by atoms with Gasteiger partial charge < -0.3 is 4.42 Å². The molecule has 164 valence electrons. The Morgan fingerprint density at radius 1 is 1.00 bits per heavy atom. The van der Waals surface area contributed by atoms with Crippen molar-refractivity contribution in [3.05, 3.63) is 102 Å². The van der Waals surface area contributed by atoms with Crippen LogP contribution in [0.5, 0.6) is 0 Å². The number of anilines is 1. The lowest BCUT2D eigenvalue weighted by Gasteiger charge is -2.04. The van der Waals surface area contributed by atoms with Gasteiger partial charge >= 0.3 is 0 Å². The van der Waals surface area contributed by atoms with Gasteiger partial charge in [-0.2, -0.15) is 5.26 Å². The number of hydrogen-bond acceptors (Lipinski definition) is 6. The number of aromatic nitrogens is 1. The van der Waals surface area contributed by atoms with E-state index in [1.54, 1.807) is 6.07 Å². The third-order valence-electron chi connectivity index (χ3n) is 5.01. The standard InChI is InChI=1S/C27H17N3O2S2/c28-16-20(26(31)30-27-29-23(17-33-27)19-8-2-1-3-9-19)15-21-13-14-25(32-21)34-24-12-6-10-18-7-4-5-11-22(18)24/h1-15,17H,(H,29,30,31). The van der Waals surface area contributed by atoms with Crippen molar-refractivity contribution in [3.63, 3.8) is 0 Å². The second-order valence-electron chi connectivity index (χ2n) is 7.26. The lowest BCUT2D eigenvalue weighted by Crippen LogP contribution is -2.13. The van der Waals surface area contributed by atoms with Gasteiger partial charge in [-0.15, -0.1) is 11.3 Å². The molecule has 5 nitrogen and oxygen atoms in total. The highest BCUT2D eigenvalue weighted by Crippen LogP contribution is 2.34. The SMILES string of the molecule is N#CC(=Cc1ccc(Sc2cccc3ccccc23)o1)C(=O)Nc1nc(-c2ccccc2)cs1. The van der Waals surface area contributed by atoms with Crippen LogP contribution in [-0.4, -0.2) is 10.9 Å². The first-order chi connectivity index (χ1) is 16.7. The zero-order valence-corrected chi connectivity index (χ0v) is 19.4. The minimum atomic E-state index is -0.531. The van der Waals surface area contributed by atoms with Crippen molar-refractivity contribution >= 4 is 51.0 Å². The average molecular weight is 480 g/mol. The number of nitrogens with zero attached hydrogens (tertiary/aromatic N) is 2. The lowest BCUT2D eigenvalue weighted by molar-refractivity contribution is -0.112. The van der Waals surface area contributed by atoms with Gasteiger partial charge in [-0.1, -0.05) is 78.5 Å². The van der Waals surface area contributed by atoms with Gasteiger partial charge in [0, 0.05) is 21.9 Å². The highest BCUT2D eigenvalue weighted by atomic mass is 32.2. The van der Waals surface area contributed by atoms with Crippen LogP contribution in [0.4, 0.5) is 5.13 Å². The fraction of sp³-hybridized carbons (Fsp3) is 0. The summed E-state index contributed by atoms with van der Waals surface area (Å²) in [5.74, 6) is -0.102. The number of fused-ring (bicyclic) bond motifs is 1. The van der Waals surface area contributed by atoms with Gasteiger partial charge in [0.05, 0.1) is 5.69 Å². The first-order valence-electron chi connectivity index (χ1n) is 10.4. The second-order valence-corrected chi connectivity index (χ2v) is 9.17. The van der Waals surface area contributed by atoms with Gasteiger partial charge in [-0.25, -0.2) is 4.98 Å². The van der Waals surface area contributed by atoms with E-state index in [2.05, 4.69) is 28.5 Å². The topological polar surface area (TPSA) is 78.9 Å². The molecule has 0 saturated carbocycles. The maximum absolute atomic E-state index is 12.7. The maximum atomic E-state index is 12.7. The van der Waals surface area contributed by atoms with E-state index in [-0.39, 0.29) is 5.57 Å². The molecule has 1 N–H and O–H groups in total. The number of carbonyl (C=O) groups is 1. The van der Waals surface area contributed by atoms with E-state index in [1.807, 2.05) is 72.1 Å². The molecular weight excluding hydrogens is 462 g/mol. The summed E-state index contributed by atoms with van der Waals surface area (Å²) in [5.41, 5.74) is 1.67. The van der Waals surface area contributed by atoms with Gasteiger partial charge in [-0.3, -0.25) is 10.1 Å². The van der Waals surface area contributed by atoms with Gasteiger partial charge in [0.2, 0.25) is 0 Å². The molecular formula is C27H17N3O2S2. The molecule has 2 aromatic heterocycles. The number of benzene rings is 3. The van der Waals surface area contributed by atoms with Crippen molar-refractivity contribution in [1.29, 1.82) is 5.26 Å². The normalized spacial score (nSPS) is 11.3. The molecule has 0 radical (unpaired) electrons. The van der Waals surface area contributed by atoms with Crippen LogP contribution < -0.4 is 5.32 Å². The largest absolute Gasteiger partial charge is 0.450 e. The van der Waals surface area contributed by atoms with E-state index < -0.39 is 5.91 Å². The molecule has 7 heteroatoms. The summed E-state index contributed by atoms with van der Waals surface area (Å²) in [6, 6.07) is 29.5.